The zero-order valence-electron chi connectivity index (χ0n) is 12.7. The summed E-state index contributed by atoms with van der Waals surface area (Å²) in [6.45, 7) is 5.27. The molecule has 0 aliphatic carbocycles. The normalized spacial score (nSPS) is 32.1. The van der Waals surface area contributed by atoms with E-state index >= 15 is 0 Å². The lowest BCUT2D eigenvalue weighted by Gasteiger charge is -2.42. The van der Waals surface area contributed by atoms with Crippen LogP contribution in [0.25, 0.3) is 0 Å². The van der Waals surface area contributed by atoms with E-state index in [0.29, 0.717) is 0 Å². The molecule has 1 rings (SSSR count). The van der Waals surface area contributed by atoms with Gasteiger partial charge >= 0.3 is 17.9 Å². The van der Waals surface area contributed by atoms with Crippen LogP contribution in [0, 0.1) is 0 Å². The van der Waals surface area contributed by atoms with E-state index in [-0.39, 0.29) is 0 Å². The molecule has 8 nitrogen and oxygen atoms in total. The maximum atomic E-state index is 11.3. The van der Waals surface area contributed by atoms with Gasteiger partial charge in [0.25, 0.3) is 0 Å². The second-order valence-corrected chi connectivity index (χ2v) is 4.67. The molecule has 0 spiro atoms. The van der Waals surface area contributed by atoms with Gasteiger partial charge in [-0.2, -0.15) is 0 Å². The van der Waals surface area contributed by atoms with Crippen LogP contribution in [0.4, 0.5) is 0 Å². The molecule has 0 bridgehead atoms. The number of esters is 3. The van der Waals surface area contributed by atoms with Crippen molar-refractivity contribution in [2.24, 2.45) is 0 Å². The highest BCUT2D eigenvalue weighted by atomic mass is 16.7. The van der Waals surface area contributed by atoms with Gasteiger partial charge in [0.2, 0.25) is 0 Å². The van der Waals surface area contributed by atoms with Crippen LogP contribution in [-0.4, -0.2) is 55.7 Å². The van der Waals surface area contributed by atoms with Crippen LogP contribution in [0.15, 0.2) is 0 Å². The Morgan fingerprint density at radius 2 is 1.24 bits per heavy atom. The van der Waals surface area contributed by atoms with E-state index < -0.39 is 48.6 Å². The van der Waals surface area contributed by atoms with E-state index in [1.165, 1.54) is 27.9 Å². The molecule has 120 valence electrons. The van der Waals surface area contributed by atoms with Crippen LogP contribution < -0.4 is 0 Å². The molecule has 8 heteroatoms. The molecule has 1 saturated heterocycles. The molecule has 0 amide bonds. The average molecular weight is 304 g/mol. The van der Waals surface area contributed by atoms with Crippen molar-refractivity contribution < 1.29 is 38.1 Å². The maximum Gasteiger partial charge on any atom is 0.303 e. The monoisotopic (exact) mass is 304 g/mol. The van der Waals surface area contributed by atoms with Gasteiger partial charge in [0, 0.05) is 27.9 Å². The molecule has 1 fully saturated rings. The zero-order chi connectivity index (χ0) is 16.2. The molecule has 21 heavy (non-hydrogen) atoms. The first-order valence-electron chi connectivity index (χ1n) is 6.46. The van der Waals surface area contributed by atoms with Crippen LogP contribution in [0.1, 0.15) is 27.7 Å². The minimum absolute atomic E-state index is 0.565. The second kappa shape index (κ2) is 7.37. The zero-order valence-corrected chi connectivity index (χ0v) is 12.7. The van der Waals surface area contributed by atoms with Crippen molar-refractivity contribution in [3.63, 3.8) is 0 Å². The lowest BCUT2D eigenvalue weighted by molar-refractivity contribution is -0.294. The molecule has 0 aromatic heterocycles. The molecular formula is C13H20O8. The van der Waals surface area contributed by atoms with Gasteiger partial charge in [0.1, 0.15) is 0 Å². The summed E-state index contributed by atoms with van der Waals surface area (Å²) in [5, 5.41) is 0. The van der Waals surface area contributed by atoms with Crippen molar-refractivity contribution in [1.29, 1.82) is 0 Å². The van der Waals surface area contributed by atoms with E-state index in [4.69, 9.17) is 23.7 Å². The third kappa shape index (κ3) is 4.68. The lowest BCUT2D eigenvalue weighted by atomic mass is 9.99. The summed E-state index contributed by atoms with van der Waals surface area (Å²) < 4.78 is 26.0. The van der Waals surface area contributed by atoms with Crippen molar-refractivity contribution in [3.8, 4) is 0 Å². The highest BCUT2D eigenvalue weighted by molar-refractivity contribution is 5.68. The summed E-state index contributed by atoms with van der Waals surface area (Å²) in [6, 6.07) is 0. The average Bonchev–Trinajstić information content (AvgIpc) is 2.35. The smallest absolute Gasteiger partial charge is 0.303 e. The number of ether oxygens (including phenoxy) is 5. The number of hydrogen-bond acceptors (Lipinski definition) is 8. The molecular weight excluding hydrogens is 284 g/mol. The fourth-order valence-corrected chi connectivity index (χ4v) is 2.16. The summed E-state index contributed by atoms with van der Waals surface area (Å²) >= 11 is 0. The quantitative estimate of drug-likeness (QED) is 0.535. The molecule has 0 aromatic rings. The van der Waals surface area contributed by atoms with Gasteiger partial charge < -0.3 is 23.7 Å². The predicted molar refractivity (Wildman–Crippen MR) is 68.0 cm³/mol. The minimum Gasteiger partial charge on any atom is -0.456 e. The third-order valence-electron chi connectivity index (χ3n) is 2.87. The van der Waals surface area contributed by atoms with Crippen molar-refractivity contribution in [1.82, 2.24) is 0 Å². The highest BCUT2D eigenvalue weighted by Crippen LogP contribution is 2.28. The first-order chi connectivity index (χ1) is 9.76. The van der Waals surface area contributed by atoms with Gasteiger partial charge in [-0.15, -0.1) is 0 Å². The van der Waals surface area contributed by atoms with Gasteiger partial charge in [-0.3, -0.25) is 14.4 Å². The Hall–Kier alpha value is -1.67. The first kappa shape index (κ1) is 17.4. The van der Waals surface area contributed by atoms with E-state index in [1.54, 1.807) is 6.92 Å². The van der Waals surface area contributed by atoms with E-state index in [0.717, 1.165) is 0 Å². The van der Waals surface area contributed by atoms with Crippen LogP contribution in [0.5, 0.6) is 0 Å². The Kier molecular flexibility index (Phi) is 6.10. The van der Waals surface area contributed by atoms with Crippen molar-refractivity contribution >= 4 is 17.9 Å². The second-order valence-electron chi connectivity index (χ2n) is 4.67. The van der Waals surface area contributed by atoms with Crippen LogP contribution in [-0.2, 0) is 38.1 Å². The Morgan fingerprint density at radius 1 is 0.810 bits per heavy atom. The van der Waals surface area contributed by atoms with Crippen LogP contribution in [0.2, 0.25) is 0 Å². The van der Waals surface area contributed by atoms with E-state index in [2.05, 4.69) is 0 Å². The topological polar surface area (TPSA) is 97.4 Å². The molecule has 1 aliphatic rings. The number of carbonyl (C=O) groups excluding carboxylic acids is 3. The van der Waals surface area contributed by atoms with Crippen LogP contribution in [0.3, 0.4) is 0 Å². The Labute approximate surface area is 122 Å². The molecule has 0 aromatic carbocycles. The molecule has 1 heterocycles. The number of rotatable bonds is 4. The minimum atomic E-state index is -1.03. The number of carbonyl (C=O) groups is 3. The lowest BCUT2D eigenvalue weighted by Crippen LogP contribution is -2.60. The Morgan fingerprint density at radius 3 is 1.67 bits per heavy atom. The molecule has 0 saturated carbocycles. The van der Waals surface area contributed by atoms with E-state index in [1.807, 2.05) is 0 Å². The van der Waals surface area contributed by atoms with Crippen molar-refractivity contribution in [2.45, 2.75) is 58.4 Å². The summed E-state index contributed by atoms with van der Waals surface area (Å²) in [5.74, 6) is -1.76. The Bertz CT molecular complexity index is 407. The van der Waals surface area contributed by atoms with Gasteiger partial charge in [-0.1, -0.05) is 0 Å². The molecule has 0 N–H and O–H groups in total. The van der Waals surface area contributed by atoms with Crippen molar-refractivity contribution in [2.75, 3.05) is 7.11 Å². The fourth-order valence-electron chi connectivity index (χ4n) is 2.16. The first-order valence-corrected chi connectivity index (χ1v) is 6.46. The predicted octanol–water partition coefficient (Wildman–Crippen LogP) is 0.173. The maximum absolute atomic E-state index is 11.3. The number of hydrogen-bond donors (Lipinski definition) is 0. The van der Waals surface area contributed by atoms with Gasteiger partial charge in [0.15, 0.2) is 24.6 Å². The summed E-state index contributed by atoms with van der Waals surface area (Å²) in [7, 11) is 1.37. The Balaban J connectivity index is 3.08. The highest BCUT2D eigenvalue weighted by Gasteiger charge is 2.50. The summed E-state index contributed by atoms with van der Waals surface area (Å²) in [5.41, 5.74) is 0. The summed E-state index contributed by atoms with van der Waals surface area (Å²) in [6.07, 6.45) is -4.47. The SMILES string of the molecule is CO[C@H]1O[C@H](C)[C@H](OC(C)=O)[C@H](OC(C)=O)[C@@H]1OC(C)=O. The molecule has 0 radical (unpaired) electrons. The standard InChI is InChI=1S/C13H20O8/c1-6-10(19-7(2)14)11(20-8(3)15)12(21-9(4)16)13(17-5)18-6/h6,10-13H,1-5H3/t6-,10+,11+,12+,13+/m1/s1. The molecule has 5 atom stereocenters. The number of methoxy groups -OCH3 is 1. The van der Waals surface area contributed by atoms with Crippen LogP contribution >= 0.6 is 0 Å². The van der Waals surface area contributed by atoms with Crippen molar-refractivity contribution in [3.05, 3.63) is 0 Å². The van der Waals surface area contributed by atoms with E-state index in [9.17, 15) is 14.4 Å². The third-order valence-corrected chi connectivity index (χ3v) is 2.87. The largest absolute Gasteiger partial charge is 0.456 e. The molecule has 0 unspecified atom stereocenters. The van der Waals surface area contributed by atoms with Gasteiger partial charge in [-0.05, 0) is 6.92 Å². The summed E-state index contributed by atoms with van der Waals surface area (Å²) in [4.78, 5) is 33.7. The van der Waals surface area contributed by atoms with Gasteiger partial charge in [-0.25, -0.2) is 0 Å². The fraction of sp³-hybridized carbons (Fsp3) is 0.769. The molecule has 1 aliphatic heterocycles. The van der Waals surface area contributed by atoms with Gasteiger partial charge in [0.05, 0.1) is 6.10 Å².